The van der Waals surface area contributed by atoms with Crippen molar-refractivity contribution >= 4 is 21.6 Å². The van der Waals surface area contributed by atoms with Crippen LogP contribution in [0.3, 0.4) is 0 Å². The van der Waals surface area contributed by atoms with Gasteiger partial charge in [-0.05, 0) is 66.9 Å². The van der Waals surface area contributed by atoms with Crippen LogP contribution in [0.4, 0.5) is 10.1 Å². The zero-order valence-corrected chi connectivity index (χ0v) is 18.7. The second-order valence-electron chi connectivity index (χ2n) is 7.26. The maximum absolute atomic E-state index is 13.4. The Balaban J connectivity index is 1.84. The van der Waals surface area contributed by atoms with Crippen molar-refractivity contribution in [2.24, 2.45) is 0 Å². The van der Waals surface area contributed by atoms with Gasteiger partial charge < -0.3 is 10.1 Å². The van der Waals surface area contributed by atoms with Gasteiger partial charge in [0.05, 0.1) is 18.6 Å². The van der Waals surface area contributed by atoms with Crippen LogP contribution in [0.25, 0.3) is 0 Å². The zero-order chi connectivity index (χ0) is 23.1. The fraction of sp³-hybridized carbons (Fsp3) is 0.208. The van der Waals surface area contributed by atoms with Gasteiger partial charge in [-0.3, -0.25) is 4.79 Å². The SMILES string of the molecule is COc1ccc(S(=O)(=O)N(CCc2ccccc2)CC(=O)Nc2ccc(F)cc2)cc1C. The lowest BCUT2D eigenvalue weighted by Crippen LogP contribution is -2.39. The first kappa shape index (κ1) is 23.4. The van der Waals surface area contributed by atoms with E-state index in [1.165, 1.54) is 43.5 Å². The molecular formula is C24H25FN2O4S. The van der Waals surface area contributed by atoms with E-state index in [1.54, 1.807) is 13.0 Å². The number of benzene rings is 3. The third kappa shape index (κ3) is 5.93. The lowest BCUT2D eigenvalue weighted by atomic mass is 10.1. The van der Waals surface area contributed by atoms with Gasteiger partial charge in [-0.25, -0.2) is 12.8 Å². The van der Waals surface area contributed by atoms with Gasteiger partial charge in [0, 0.05) is 12.2 Å². The monoisotopic (exact) mass is 456 g/mol. The smallest absolute Gasteiger partial charge is 0.243 e. The van der Waals surface area contributed by atoms with Crippen LogP contribution in [-0.2, 0) is 21.2 Å². The second-order valence-corrected chi connectivity index (χ2v) is 9.20. The molecule has 0 unspecified atom stereocenters. The maximum atomic E-state index is 13.4. The summed E-state index contributed by atoms with van der Waals surface area (Å²) >= 11 is 0. The predicted octanol–water partition coefficient (Wildman–Crippen LogP) is 4.01. The zero-order valence-electron chi connectivity index (χ0n) is 17.9. The van der Waals surface area contributed by atoms with E-state index < -0.39 is 21.7 Å². The molecule has 0 spiro atoms. The van der Waals surface area contributed by atoms with E-state index in [2.05, 4.69) is 5.32 Å². The van der Waals surface area contributed by atoms with Gasteiger partial charge in [0.15, 0.2) is 0 Å². The van der Waals surface area contributed by atoms with Crippen molar-refractivity contribution < 1.29 is 22.3 Å². The Morgan fingerprint density at radius 1 is 1.03 bits per heavy atom. The van der Waals surface area contributed by atoms with Crippen LogP contribution < -0.4 is 10.1 Å². The first-order valence-corrected chi connectivity index (χ1v) is 11.5. The number of halogens is 1. The quantitative estimate of drug-likeness (QED) is 0.528. The van der Waals surface area contributed by atoms with E-state index in [0.29, 0.717) is 23.4 Å². The van der Waals surface area contributed by atoms with Crippen LogP contribution in [0.1, 0.15) is 11.1 Å². The van der Waals surface area contributed by atoms with Crippen molar-refractivity contribution in [3.8, 4) is 5.75 Å². The van der Waals surface area contributed by atoms with Crippen LogP contribution in [0.15, 0.2) is 77.7 Å². The molecule has 32 heavy (non-hydrogen) atoms. The first-order chi connectivity index (χ1) is 15.3. The van der Waals surface area contributed by atoms with Crippen molar-refractivity contribution in [2.45, 2.75) is 18.2 Å². The van der Waals surface area contributed by atoms with Crippen molar-refractivity contribution in [1.82, 2.24) is 4.31 Å². The summed E-state index contributed by atoms with van der Waals surface area (Å²) in [4.78, 5) is 12.7. The molecule has 1 amide bonds. The van der Waals surface area contributed by atoms with Crippen LogP contribution in [-0.4, -0.2) is 38.8 Å². The molecule has 0 fully saturated rings. The molecule has 6 nitrogen and oxygen atoms in total. The van der Waals surface area contributed by atoms with Crippen LogP contribution in [0.2, 0.25) is 0 Å². The number of carbonyl (C=O) groups is 1. The van der Waals surface area contributed by atoms with Crippen molar-refractivity contribution in [3.05, 3.63) is 89.7 Å². The normalized spacial score (nSPS) is 11.4. The lowest BCUT2D eigenvalue weighted by Gasteiger charge is -2.22. The van der Waals surface area contributed by atoms with Crippen LogP contribution in [0, 0.1) is 12.7 Å². The summed E-state index contributed by atoms with van der Waals surface area (Å²) in [7, 11) is -2.44. The molecule has 0 aliphatic heterocycles. The minimum atomic E-state index is -3.96. The Kier molecular flexibility index (Phi) is 7.61. The molecule has 0 aromatic heterocycles. The summed E-state index contributed by atoms with van der Waals surface area (Å²) in [6.45, 7) is 1.50. The number of ether oxygens (including phenoxy) is 1. The summed E-state index contributed by atoms with van der Waals surface area (Å²) < 4.78 is 46.3. The first-order valence-electron chi connectivity index (χ1n) is 10.0. The highest BCUT2D eigenvalue weighted by Gasteiger charge is 2.27. The molecule has 0 radical (unpaired) electrons. The standard InChI is InChI=1S/C24H25FN2O4S/c1-18-16-22(12-13-23(18)31-2)32(29,30)27(15-14-19-6-4-3-5-7-19)17-24(28)26-21-10-8-20(25)9-11-21/h3-13,16H,14-15,17H2,1-2H3,(H,26,28). The molecule has 0 atom stereocenters. The molecule has 0 aliphatic carbocycles. The minimum absolute atomic E-state index is 0.0819. The Morgan fingerprint density at radius 2 is 1.72 bits per heavy atom. The van der Waals surface area contributed by atoms with Gasteiger partial charge >= 0.3 is 0 Å². The fourth-order valence-electron chi connectivity index (χ4n) is 3.24. The number of hydrogen-bond donors (Lipinski definition) is 1. The summed E-state index contributed by atoms with van der Waals surface area (Å²) in [5.74, 6) is -0.364. The Labute approximate surface area is 187 Å². The molecule has 0 aliphatic rings. The highest BCUT2D eigenvalue weighted by Crippen LogP contribution is 2.24. The van der Waals surface area contributed by atoms with Gasteiger partial charge in [0.1, 0.15) is 11.6 Å². The molecule has 168 valence electrons. The summed E-state index contributed by atoms with van der Waals surface area (Å²) in [5.41, 5.74) is 2.02. The van der Waals surface area contributed by atoms with Gasteiger partial charge in [-0.2, -0.15) is 4.31 Å². The number of aryl methyl sites for hydroxylation is 1. The van der Waals surface area contributed by atoms with Crippen molar-refractivity contribution in [1.29, 1.82) is 0 Å². The number of hydrogen-bond acceptors (Lipinski definition) is 4. The number of amides is 1. The number of carbonyl (C=O) groups excluding carboxylic acids is 1. The number of nitrogens with zero attached hydrogens (tertiary/aromatic N) is 1. The third-order valence-corrected chi connectivity index (χ3v) is 6.79. The van der Waals surface area contributed by atoms with Crippen LogP contribution >= 0.6 is 0 Å². The van der Waals surface area contributed by atoms with Gasteiger partial charge in [0.25, 0.3) is 0 Å². The summed E-state index contributed by atoms with van der Waals surface area (Å²) in [6, 6.07) is 19.3. The van der Waals surface area contributed by atoms with Gasteiger partial charge in [-0.15, -0.1) is 0 Å². The highest BCUT2D eigenvalue weighted by atomic mass is 32.2. The Hall–Kier alpha value is -3.23. The molecule has 0 saturated carbocycles. The van der Waals surface area contributed by atoms with E-state index in [1.807, 2.05) is 30.3 Å². The average Bonchev–Trinajstić information content (AvgIpc) is 2.78. The number of rotatable bonds is 9. The Bertz CT molecular complexity index is 1170. The molecule has 1 N–H and O–H groups in total. The second kappa shape index (κ2) is 10.4. The lowest BCUT2D eigenvalue weighted by molar-refractivity contribution is -0.116. The topological polar surface area (TPSA) is 75.7 Å². The van der Waals surface area contributed by atoms with E-state index in [0.717, 1.165) is 9.87 Å². The van der Waals surface area contributed by atoms with Gasteiger partial charge in [-0.1, -0.05) is 30.3 Å². The molecule has 0 saturated heterocycles. The van der Waals surface area contributed by atoms with E-state index >= 15 is 0 Å². The number of sulfonamides is 1. The van der Waals surface area contributed by atoms with E-state index in [-0.39, 0.29) is 18.0 Å². The number of methoxy groups -OCH3 is 1. The van der Waals surface area contributed by atoms with Crippen molar-refractivity contribution in [2.75, 3.05) is 25.5 Å². The molecular weight excluding hydrogens is 431 g/mol. The molecule has 3 aromatic carbocycles. The molecule has 0 bridgehead atoms. The molecule has 0 heterocycles. The predicted molar refractivity (Wildman–Crippen MR) is 122 cm³/mol. The highest BCUT2D eigenvalue weighted by molar-refractivity contribution is 7.89. The number of anilines is 1. The largest absolute Gasteiger partial charge is 0.496 e. The average molecular weight is 457 g/mol. The van der Waals surface area contributed by atoms with Gasteiger partial charge in [0.2, 0.25) is 15.9 Å². The van der Waals surface area contributed by atoms with Crippen molar-refractivity contribution in [3.63, 3.8) is 0 Å². The van der Waals surface area contributed by atoms with E-state index in [9.17, 15) is 17.6 Å². The summed E-state index contributed by atoms with van der Waals surface area (Å²) in [5, 5.41) is 2.62. The molecule has 3 rings (SSSR count). The summed E-state index contributed by atoms with van der Waals surface area (Å²) in [6.07, 6.45) is 0.443. The number of nitrogens with one attached hydrogen (secondary N) is 1. The fourth-order valence-corrected chi connectivity index (χ4v) is 4.72. The third-order valence-electron chi connectivity index (χ3n) is 4.94. The van der Waals surface area contributed by atoms with Crippen LogP contribution in [0.5, 0.6) is 5.75 Å². The Morgan fingerprint density at radius 3 is 2.34 bits per heavy atom. The minimum Gasteiger partial charge on any atom is -0.496 e. The van der Waals surface area contributed by atoms with E-state index in [4.69, 9.17) is 4.74 Å². The molecule has 8 heteroatoms. The molecule has 3 aromatic rings. The maximum Gasteiger partial charge on any atom is 0.243 e.